The Morgan fingerprint density at radius 2 is 2.29 bits per heavy atom. The van der Waals surface area contributed by atoms with Crippen molar-refractivity contribution in [3.05, 3.63) is 30.5 Å². The molecule has 0 saturated carbocycles. The van der Waals surface area contributed by atoms with Crippen LogP contribution in [0.25, 0.3) is 10.9 Å². The lowest BCUT2D eigenvalue weighted by Crippen LogP contribution is -2.05. The highest BCUT2D eigenvalue weighted by Crippen LogP contribution is 2.27. The summed E-state index contributed by atoms with van der Waals surface area (Å²) in [6.45, 7) is 0.579. The van der Waals surface area contributed by atoms with Gasteiger partial charge < -0.3 is 11.0 Å². The monoisotopic (exact) mass is 251 g/mol. The summed E-state index contributed by atoms with van der Waals surface area (Å²) < 4.78 is 15.5. The Kier molecular flexibility index (Phi) is 3.22. The SMILES string of the molecule is [2H]Nc1cnc2ccccc2c1N([2H])CCCCCl. The number of fused-ring (bicyclic) bond motifs is 1. The quantitative estimate of drug-likeness (QED) is 0.612. The molecule has 0 amide bonds. The smallest absolute Gasteiger partial charge is 0.160 e. The van der Waals surface area contributed by atoms with E-state index in [2.05, 4.69) is 10.7 Å². The van der Waals surface area contributed by atoms with Crippen molar-refractivity contribution in [1.29, 1.82) is 0 Å². The number of pyridine rings is 1. The first-order valence-electron chi connectivity index (χ1n) is 6.60. The summed E-state index contributed by atoms with van der Waals surface area (Å²) in [4.78, 5) is 4.28. The molecule has 0 bridgehead atoms. The van der Waals surface area contributed by atoms with Crippen LogP contribution in [0.5, 0.6) is 0 Å². The fraction of sp³-hybridized carbons (Fsp3) is 0.308. The molecular formula is C13H16ClN3. The fourth-order valence-electron chi connectivity index (χ4n) is 1.69. The van der Waals surface area contributed by atoms with E-state index in [0.29, 0.717) is 23.8 Å². The number of unbranched alkanes of at least 4 members (excludes halogenated alkanes) is 1. The number of nitrogens with two attached hydrogens (primary N) is 1. The molecular weight excluding hydrogens is 234 g/mol. The number of halogens is 1. The Morgan fingerprint density at radius 3 is 3.12 bits per heavy atom. The molecule has 0 fully saturated rings. The van der Waals surface area contributed by atoms with Gasteiger partial charge in [-0.2, -0.15) is 0 Å². The molecule has 90 valence electrons. The molecule has 17 heavy (non-hydrogen) atoms. The van der Waals surface area contributed by atoms with Crippen molar-refractivity contribution in [1.82, 2.24) is 4.98 Å². The molecule has 2 aromatic rings. The number of nitrogen functional groups attached to an aromatic ring is 1. The number of nitrogens with zero attached hydrogens (tertiary/aromatic N) is 1. The van der Waals surface area contributed by atoms with Crippen LogP contribution in [0.3, 0.4) is 0 Å². The molecule has 2 rings (SSSR count). The molecule has 1 aromatic carbocycles. The van der Waals surface area contributed by atoms with E-state index in [0.717, 1.165) is 23.7 Å². The fourth-order valence-corrected chi connectivity index (χ4v) is 1.88. The summed E-state index contributed by atoms with van der Waals surface area (Å²) >= 11 is 5.65. The van der Waals surface area contributed by atoms with Gasteiger partial charge in [0.1, 0.15) is 0 Å². The summed E-state index contributed by atoms with van der Waals surface area (Å²) in [5, 5.41) is 2.29. The molecule has 3 nitrogen and oxygen atoms in total. The molecule has 0 aliphatic heterocycles. The van der Waals surface area contributed by atoms with E-state index >= 15 is 0 Å². The van der Waals surface area contributed by atoms with Gasteiger partial charge >= 0.3 is 0 Å². The van der Waals surface area contributed by atoms with Crippen LogP contribution in [0.4, 0.5) is 11.4 Å². The number of benzene rings is 1. The number of alkyl halides is 1. The lowest BCUT2D eigenvalue weighted by molar-refractivity contribution is 0.840. The number of rotatable bonds is 6. The van der Waals surface area contributed by atoms with E-state index in [1.165, 1.54) is 5.31 Å². The van der Waals surface area contributed by atoms with Gasteiger partial charge in [-0.3, -0.25) is 4.98 Å². The van der Waals surface area contributed by atoms with Crippen LogP contribution in [0.1, 0.15) is 12.8 Å². The predicted molar refractivity (Wildman–Crippen MR) is 74.6 cm³/mol. The highest BCUT2D eigenvalue weighted by molar-refractivity contribution is 6.17. The van der Waals surface area contributed by atoms with Crippen LogP contribution in [-0.4, -0.2) is 17.4 Å². The first kappa shape index (κ1) is 9.54. The average Bonchev–Trinajstić information content (AvgIpc) is 2.46. The van der Waals surface area contributed by atoms with Gasteiger partial charge in [0.25, 0.3) is 0 Å². The average molecular weight is 252 g/mol. The predicted octanol–water partition coefficient (Wildman–Crippen LogP) is 3.25. The van der Waals surface area contributed by atoms with Crippen LogP contribution in [0.15, 0.2) is 30.5 Å². The standard InChI is InChI=1S/C13H16ClN3/c14-7-3-4-8-16-13-10-5-1-2-6-12(10)17-9-11(13)15/h1-2,5-6,9H,3-4,7-8,15H2,(H,16,17)/i/hD2. The molecule has 0 aliphatic carbocycles. The zero-order valence-corrected chi connectivity index (χ0v) is 10.2. The molecule has 0 saturated heterocycles. The first-order valence-corrected chi connectivity index (χ1v) is 6.19. The summed E-state index contributed by atoms with van der Waals surface area (Å²) in [5.74, 6) is 0.606. The molecule has 0 unspecified atom stereocenters. The lowest BCUT2D eigenvalue weighted by Gasteiger charge is -2.11. The van der Waals surface area contributed by atoms with Crippen molar-refractivity contribution in [2.45, 2.75) is 12.8 Å². The van der Waals surface area contributed by atoms with Crippen LogP contribution in [0, 0.1) is 0 Å². The second kappa shape index (κ2) is 5.73. The van der Waals surface area contributed by atoms with Crippen molar-refractivity contribution in [2.75, 3.05) is 23.5 Å². The third-order valence-corrected chi connectivity index (χ3v) is 2.83. The molecule has 3 N–H and O–H groups in total. The maximum Gasteiger partial charge on any atom is 0.160 e. The Bertz CT molecular complexity index is 550. The topological polar surface area (TPSA) is 50.9 Å². The number of nitrogens with one attached hydrogen (secondary N) is 1. The summed E-state index contributed by atoms with van der Waals surface area (Å²) in [7, 11) is 0. The minimum Gasteiger partial charge on any atom is -0.396 e. The second-order valence-electron chi connectivity index (χ2n) is 3.82. The van der Waals surface area contributed by atoms with E-state index in [1.54, 1.807) is 6.20 Å². The number of aromatic nitrogens is 1. The van der Waals surface area contributed by atoms with Crippen molar-refractivity contribution in [3.63, 3.8) is 0 Å². The van der Waals surface area contributed by atoms with Crippen LogP contribution >= 0.6 is 11.6 Å². The second-order valence-corrected chi connectivity index (χ2v) is 4.19. The Morgan fingerprint density at radius 1 is 1.41 bits per heavy atom. The summed E-state index contributed by atoms with van der Waals surface area (Å²) in [6.07, 6.45) is 3.32. The van der Waals surface area contributed by atoms with Crippen molar-refractivity contribution in [3.8, 4) is 0 Å². The lowest BCUT2D eigenvalue weighted by atomic mass is 10.1. The minimum absolute atomic E-state index is 0.541. The molecule has 0 atom stereocenters. The summed E-state index contributed by atoms with van der Waals surface area (Å²) in [6, 6.07) is 7.64. The zero-order valence-electron chi connectivity index (χ0n) is 11.5. The van der Waals surface area contributed by atoms with Gasteiger partial charge in [-0.15, -0.1) is 11.6 Å². The number of anilines is 2. The first-order chi connectivity index (χ1) is 9.27. The summed E-state index contributed by atoms with van der Waals surface area (Å²) in [5.41, 5.74) is 4.42. The maximum absolute atomic E-state index is 8.16. The van der Waals surface area contributed by atoms with Gasteiger partial charge in [0.15, 0.2) is 2.82 Å². The molecule has 1 heterocycles. The van der Waals surface area contributed by atoms with E-state index in [9.17, 15) is 0 Å². The van der Waals surface area contributed by atoms with Gasteiger partial charge in [0, 0.05) is 17.8 Å². The van der Waals surface area contributed by atoms with Crippen LogP contribution in [0.2, 0.25) is 2.82 Å². The third kappa shape index (κ3) is 2.80. The third-order valence-electron chi connectivity index (χ3n) is 2.56. The number of hydrogen-bond donors (Lipinski definition) is 2. The van der Waals surface area contributed by atoms with Gasteiger partial charge in [-0.1, -0.05) is 18.2 Å². The number of hydrogen-bond acceptors (Lipinski definition) is 3. The normalized spacial score (nSPS) is 12.1. The molecule has 1 aromatic heterocycles. The largest absolute Gasteiger partial charge is 0.396 e. The molecule has 4 heteroatoms. The van der Waals surface area contributed by atoms with Gasteiger partial charge in [-0.25, -0.2) is 0 Å². The van der Waals surface area contributed by atoms with Crippen molar-refractivity contribution in [2.24, 2.45) is 0 Å². The van der Waals surface area contributed by atoms with Gasteiger partial charge in [0.05, 0.1) is 23.1 Å². The van der Waals surface area contributed by atoms with Crippen LogP contribution < -0.4 is 11.0 Å². The zero-order chi connectivity index (χ0) is 13.7. The van der Waals surface area contributed by atoms with E-state index in [-0.39, 0.29) is 0 Å². The highest BCUT2D eigenvalue weighted by atomic mass is 35.5. The number of para-hydroxylation sites is 1. The van der Waals surface area contributed by atoms with Crippen molar-refractivity contribution < 1.29 is 2.82 Å². The molecule has 0 aliphatic rings. The molecule has 0 spiro atoms. The Balaban J connectivity index is 2.37. The van der Waals surface area contributed by atoms with E-state index in [1.807, 2.05) is 24.3 Å². The van der Waals surface area contributed by atoms with Gasteiger partial charge in [0.2, 0.25) is 0 Å². The van der Waals surface area contributed by atoms with Crippen molar-refractivity contribution >= 4 is 33.9 Å². The maximum atomic E-state index is 8.16. The molecule has 0 radical (unpaired) electrons. The minimum atomic E-state index is 0.541. The highest BCUT2D eigenvalue weighted by Gasteiger charge is 2.04. The van der Waals surface area contributed by atoms with E-state index < -0.39 is 0 Å². The Labute approximate surface area is 109 Å². The van der Waals surface area contributed by atoms with Crippen LogP contribution in [-0.2, 0) is 0 Å². The van der Waals surface area contributed by atoms with Gasteiger partial charge in [-0.05, 0) is 18.9 Å². The van der Waals surface area contributed by atoms with E-state index in [4.69, 9.17) is 14.4 Å². The Hall–Kier alpha value is -1.48.